The van der Waals surface area contributed by atoms with E-state index in [9.17, 15) is 4.79 Å². The lowest BCUT2D eigenvalue weighted by Crippen LogP contribution is -2.43. The molecule has 0 spiro atoms. The number of benzene rings is 1. The highest BCUT2D eigenvalue weighted by Crippen LogP contribution is 2.25. The Morgan fingerprint density at radius 3 is 2.97 bits per heavy atom. The zero-order valence-electron chi connectivity index (χ0n) is 18.3. The fourth-order valence-electron chi connectivity index (χ4n) is 4.49. The first-order valence-electron chi connectivity index (χ1n) is 11.3. The van der Waals surface area contributed by atoms with Gasteiger partial charge in [-0.25, -0.2) is 9.97 Å². The second-order valence-electron chi connectivity index (χ2n) is 8.61. The maximum atomic E-state index is 12.8. The number of piperidine rings is 1. The normalized spacial score (nSPS) is 21.1. The van der Waals surface area contributed by atoms with Crippen molar-refractivity contribution in [2.75, 3.05) is 25.0 Å². The fourth-order valence-corrected chi connectivity index (χ4v) is 4.75. The fraction of sp³-hybridized carbons (Fsp3) is 0.375. The summed E-state index contributed by atoms with van der Waals surface area (Å²) in [7, 11) is 0. The van der Waals surface area contributed by atoms with Crippen molar-refractivity contribution >= 4 is 29.1 Å². The molecule has 1 aromatic carbocycles. The molecule has 8 bridgehead atoms. The molecule has 0 saturated carbocycles. The van der Waals surface area contributed by atoms with Crippen molar-refractivity contribution in [2.45, 2.75) is 32.2 Å². The van der Waals surface area contributed by atoms with Crippen LogP contribution in [0.2, 0.25) is 5.02 Å². The lowest BCUT2D eigenvalue weighted by molar-refractivity contribution is -0.126. The van der Waals surface area contributed by atoms with Gasteiger partial charge < -0.3 is 10.6 Å². The highest BCUT2D eigenvalue weighted by atomic mass is 35.5. The molecule has 4 heterocycles. The number of aryl methyl sites for hydroxylation is 1. The first-order valence-corrected chi connectivity index (χ1v) is 11.7. The van der Waals surface area contributed by atoms with Crippen LogP contribution in [0.25, 0.3) is 11.4 Å². The second-order valence-corrected chi connectivity index (χ2v) is 9.05. The van der Waals surface area contributed by atoms with Crippen LogP contribution in [0.1, 0.15) is 30.5 Å². The first-order chi connectivity index (χ1) is 16.1. The summed E-state index contributed by atoms with van der Waals surface area (Å²) in [6, 6.07) is 9.76. The van der Waals surface area contributed by atoms with E-state index in [4.69, 9.17) is 11.6 Å². The molecule has 3 aromatic rings. The largest absolute Gasteiger partial charge is 0.356 e. The van der Waals surface area contributed by atoms with Gasteiger partial charge in [-0.2, -0.15) is 4.98 Å². The maximum absolute atomic E-state index is 12.8. The number of rotatable bonds is 0. The van der Waals surface area contributed by atoms with Gasteiger partial charge in [0.1, 0.15) is 6.33 Å². The standard InChI is InChI=1S/C24H26ClN7O/c25-19-9-16-10-21(12-19)30-24-29-15-28-22(31-24)17-5-7-26-20(11-17)4-1-6-27-23(33)18-3-2-8-32(13-16)14-18/h5,7,9-12,15,18H,1-4,6,8,13-14H2,(H,27,33)(H,28,29,30,31). The van der Waals surface area contributed by atoms with Crippen LogP contribution in [0.5, 0.6) is 0 Å². The van der Waals surface area contributed by atoms with Gasteiger partial charge >= 0.3 is 0 Å². The predicted molar refractivity (Wildman–Crippen MR) is 127 cm³/mol. The van der Waals surface area contributed by atoms with Crippen LogP contribution < -0.4 is 10.6 Å². The number of hydrogen-bond donors (Lipinski definition) is 2. The molecule has 2 aromatic heterocycles. The van der Waals surface area contributed by atoms with Crippen molar-refractivity contribution in [1.29, 1.82) is 0 Å². The number of amides is 1. The highest BCUT2D eigenvalue weighted by molar-refractivity contribution is 6.31. The maximum Gasteiger partial charge on any atom is 0.230 e. The number of hydrogen-bond acceptors (Lipinski definition) is 7. The average Bonchev–Trinajstić information content (AvgIpc) is 2.81. The smallest absolute Gasteiger partial charge is 0.230 e. The van der Waals surface area contributed by atoms with Crippen molar-refractivity contribution in [3.8, 4) is 11.4 Å². The van der Waals surface area contributed by atoms with E-state index in [1.165, 1.54) is 6.33 Å². The Morgan fingerprint density at radius 2 is 2.03 bits per heavy atom. The third-order valence-corrected chi connectivity index (χ3v) is 6.27. The summed E-state index contributed by atoms with van der Waals surface area (Å²) >= 11 is 6.42. The number of nitrogens with one attached hydrogen (secondary N) is 2. The Hall–Kier alpha value is -3.10. The Morgan fingerprint density at radius 1 is 1.09 bits per heavy atom. The van der Waals surface area contributed by atoms with Crippen LogP contribution in [-0.2, 0) is 17.8 Å². The van der Waals surface area contributed by atoms with E-state index in [2.05, 4.69) is 41.5 Å². The van der Waals surface area contributed by atoms with Gasteiger partial charge in [0.2, 0.25) is 11.9 Å². The SMILES string of the molecule is O=C1NCCCc2cc(ccn2)-c2ncnc(n2)Nc2cc(Cl)cc(c2)CN2CCCC1C2. The number of pyridine rings is 1. The minimum atomic E-state index is 0.0139. The van der Waals surface area contributed by atoms with Gasteiger partial charge in [-0.3, -0.25) is 14.7 Å². The topological polar surface area (TPSA) is 95.9 Å². The van der Waals surface area contributed by atoms with Crippen LogP contribution in [0.3, 0.4) is 0 Å². The van der Waals surface area contributed by atoms with E-state index in [-0.39, 0.29) is 11.8 Å². The lowest BCUT2D eigenvalue weighted by atomic mass is 9.96. The van der Waals surface area contributed by atoms with Crippen LogP contribution in [0.15, 0.2) is 42.9 Å². The zero-order chi connectivity index (χ0) is 22.6. The van der Waals surface area contributed by atoms with Crippen molar-refractivity contribution in [1.82, 2.24) is 30.2 Å². The summed E-state index contributed by atoms with van der Waals surface area (Å²) in [6.45, 7) is 3.09. The molecule has 5 rings (SSSR count). The number of carbonyl (C=O) groups is 1. The van der Waals surface area contributed by atoms with Gasteiger partial charge in [-0.05, 0) is 68.1 Å². The van der Waals surface area contributed by atoms with Crippen LogP contribution in [0.4, 0.5) is 11.6 Å². The van der Waals surface area contributed by atoms with Gasteiger partial charge in [0, 0.05) is 47.8 Å². The Balaban J connectivity index is 1.48. The predicted octanol–water partition coefficient (Wildman–Crippen LogP) is 3.61. The number of nitrogens with zero attached hydrogens (tertiary/aromatic N) is 5. The molecule has 2 aliphatic heterocycles. The van der Waals surface area contributed by atoms with E-state index in [1.807, 2.05) is 24.3 Å². The highest BCUT2D eigenvalue weighted by Gasteiger charge is 2.25. The molecule has 0 radical (unpaired) electrons. The summed E-state index contributed by atoms with van der Waals surface area (Å²) in [5.74, 6) is 1.19. The van der Waals surface area contributed by atoms with Gasteiger partial charge in [-0.1, -0.05) is 11.6 Å². The minimum Gasteiger partial charge on any atom is -0.356 e. The molecule has 2 unspecified atom stereocenters. The lowest BCUT2D eigenvalue weighted by Gasteiger charge is -2.32. The minimum absolute atomic E-state index is 0.0139. The van der Waals surface area contributed by atoms with E-state index in [0.29, 0.717) is 23.3 Å². The average molecular weight is 464 g/mol. The van der Waals surface area contributed by atoms with E-state index >= 15 is 0 Å². The van der Waals surface area contributed by atoms with Crippen molar-refractivity contribution in [3.63, 3.8) is 0 Å². The van der Waals surface area contributed by atoms with Gasteiger partial charge in [0.05, 0.1) is 5.92 Å². The van der Waals surface area contributed by atoms with E-state index < -0.39 is 0 Å². The van der Waals surface area contributed by atoms with Crippen molar-refractivity contribution in [2.24, 2.45) is 5.92 Å². The molecule has 1 saturated heterocycles. The Bertz CT molecular complexity index is 1160. The number of fused-ring (bicyclic) bond motifs is 9. The molecule has 8 nitrogen and oxygen atoms in total. The third-order valence-electron chi connectivity index (χ3n) is 6.05. The summed E-state index contributed by atoms with van der Waals surface area (Å²) < 4.78 is 0. The molecular formula is C24H26ClN7O. The number of halogens is 1. The number of aromatic nitrogens is 4. The summed E-state index contributed by atoms with van der Waals surface area (Å²) in [4.78, 5) is 32.8. The van der Waals surface area contributed by atoms with Crippen molar-refractivity contribution in [3.05, 3.63) is 59.1 Å². The Kier molecular flexibility index (Phi) is 6.46. The molecule has 0 aliphatic carbocycles. The van der Waals surface area contributed by atoms with Crippen LogP contribution in [-0.4, -0.2) is 50.4 Å². The summed E-state index contributed by atoms with van der Waals surface area (Å²) in [6.07, 6.45) is 6.80. The van der Waals surface area contributed by atoms with Crippen LogP contribution in [0, 0.1) is 5.92 Å². The third kappa shape index (κ3) is 5.46. The van der Waals surface area contributed by atoms with Gasteiger partial charge in [0.15, 0.2) is 5.82 Å². The monoisotopic (exact) mass is 463 g/mol. The second kappa shape index (κ2) is 9.80. The number of carbonyl (C=O) groups excluding carboxylic acids is 1. The summed E-state index contributed by atoms with van der Waals surface area (Å²) in [5, 5.41) is 7.03. The summed E-state index contributed by atoms with van der Waals surface area (Å²) in [5.41, 5.74) is 3.71. The van der Waals surface area contributed by atoms with Gasteiger partial charge in [-0.15, -0.1) is 0 Å². The van der Waals surface area contributed by atoms with Crippen LogP contribution >= 0.6 is 11.6 Å². The van der Waals surface area contributed by atoms with E-state index in [0.717, 1.165) is 67.8 Å². The van der Waals surface area contributed by atoms with E-state index in [1.54, 1.807) is 6.20 Å². The number of anilines is 2. The van der Waals surface area contributed by atoms with Gasteiger partial charge in [0.25, 0.3) is 0 Å². The molecule has 2 aliphatic rings. The first kappa shape index (κ1) is 21.7. The molecule has 170 valence electrons. The molecular weight excluding hydrogens is 438 g/mol. The Labute approximate surface area is 197 Å². The zero-order valence-corrected chi connectivity index (χ0v) is 19.1. The molecule has 33 heavy (non-hydrogen) atoms. The van der Waals surface area contributed by atoms with Crippen molar-refractivity contribution < 1.29 is 4.79 Å². The quantitative estimate of drug-likeness (QED) is 0.525. The molecule has 1 amide bonds. The molecule has 2 atom stereocenters. The molecule has 9 heteroatoms. The molecule has 2 N–H and O–H groups in total. The molecule has 1 fully saturated rings.